The number of nitriles is 1. The van der Waals surface area contributed by atoms with Gasteiger partial charge in [-0.1, -0.05) is 23.7 Å². The lowest BCUT2D eigenvalue weighted by Gasteiger charge is -2.12. The first-order valence-electron chi connectivity index (χ1n) is 7.60. The first-order valence-corrected chi connectivity index (χ1v) is 7.98. The third kappa shape index (κ3) is 3.42. The number of imidazole rings is 1. The Morgan fingerprint density at radius 1 is 1.29 bits per heavy atom. The van der Waals surface area contributed by atoms with E-state index in [4.69, 9.17) is 16.3 Å². The number of fused-ring (bicyclic) bond motifs is 1. The number of hydrogen-bond acceptors (Lipinski definition) is 3. The molecule has 0 unspecified atom stereocenters. The Morgan fingerprint density at radius 2 is 2.08 bits per heavy atom. The number of nitrogens with one attached hydrogen (secondary N) is 1. The van der Waals surface area contributed by atoms with Gasteiger partial charge in [-0.2, -0.15) is 5.26 Å². The van der Waals surface area contributed by atoms with Crippen molar-refractivity contribution in [3.8, 4) is 11.8 Å². The van der Waals surface area contributed by atoms with Crippen LogP contribution in [0.3, 0.4) is 0 Å². The lowest BCUT2D eigenvalue weighted by atomic mass is 10.1. The monoisotopic (exact) mass is 337 g/mol. The average molecular weight is 338 g/mol. The molecule has 3 aromatic rings. The number of allylic oxidation sites excluding steroid dienone is 1. The lowest BCUT2D eigenvalue weighted by molar-refractivity contribution is 0.242. The van der Waals surface area contributed by atoms with E-state index in [0.717, 1.165) is 16.6 Å². The van der Waals surface area contributed by atoms with Crippen molar-refractivity contribution >= 4 is 34.3 Å². The van der Waals surface area contributed by atoms with Gasteiger partial charge in [-0.05, 0) is 50.3 Å². The summed E-state index contributed by atoms with van der Waals surface area (Å²) in [7, 11) is 0. The SMILES string of the molecule is CC(C)Oc1ccc(Cl)cc1C=C(C#N)c1nc2ccccc2[nH]1. The first kappa shape index (κ1) is 16.1. The van der Waals surface area contributed by atoms with Gasteiger partial charge in [0.2, 0.25) is 0 Å². The molecule has 0 aliphatic rings. The van der Waals surface area contributed by atoms with Crippen LogP contribution in [0.4, 0.5) is 0 Å². The Hall–Kier alpha value is -2.77. The molecule has 0 saturated heterocycles. The van der Waals surface area contributed by atoms with Gasteiger partial charge in [-0.25, -0.2) is 4.98 Å². The third-order valence-electron chi connectivity index (χ3n) is 3.40. The molecule has 2 aromatic carbocycles. The van der Waals surface area contributed by atoms with Crippen molar-refractivity contribution in [2.45, 2.75) is 20.0 Å². The van der Waals surface area contributed by atoms with Crippen molar-refractivity contribution in [3.63, 3.8) is 0 Å². The maximum Gasteiger partial charge on any atom is 0.149 e. The van der Waals surface area contributed by atoms with Gasteiger partial charge >= 0.3 is 0 Å². The maximum atomic E-state index is 9.56. The Morgan fingerprint density at radius 3 is 2.79 bits per heavy atom. The van der Waals surface area contributed by atoms with Gasteiger partial charge in [0, 0.05) is 10.6 Å². The molecule has 4 nitrogen and oxygen atoms in total. The zero-order valence-corrected chi connectivity index (χ0v) is 14.1. The number of hydrogen-bond donors (Lipinski definition) is 1. The van der Waals surface area contributed by atoms with E-state index >= 15 is 0 Å². The number of H-pyrrole nitrogens is 1. The Bertz CT molecular complexity index is 918. The minimum absolute atomic E-state index is 0.0232. The van der Waals surface area contributed by atoms with Crippen LogP contribution < -0.4 is 4.74 Å². The van der Waals surface area contributed by atoms with Gasteiger partial charge in [-0.15, -0.1) is 0 Å². The van der Waals surface area contributed by atoms with E-state index in [9.17, 15) is 5.26 Å². The van der Waals surface area contributed by atoms with Crippen molar-refractivity contribution in [3.05, 3.63) is 58.9 Å². The minimum Gasteiger partial charge on any atom is -0.490 e. The number of halogens is 1. The standard InChI is InChI=1S/C19H16ClN3O/c1-12(2)24-18-8-7-15(20)10-13(18)9-14(11-21)19-22-16-5-3-4-6-17(16)23-19/h3-10,12H,1-2H3,(H,22,23). The van der Waals surface area contributed by atoms with E-state index in [1.165, 1.54) is 0 Å². The average Bonchev–Trinajstić information content (AvgIpc) is 2.98. The second-order valence-electron chi connectivity index (χ2n) is 5.62. The topological polar surface area (TPSA) is 61.7 Å². The van der Waals surface area contributed by atoms with Gasteiger partial charge in [-0.3, -0.25) is 0 Å². The number of aromatic nitrogens is 2. The molecule has 0 radical (unpaired) electrons. The summed E-state index contributed by atoms with van der Waals surface area (Å²) >= 11 is 6.10. The van der Waals surface area contributed by atoms with E-state index in [1.807, 2.05) is 44.2 Å². The predicted molar refractivity (Wildman–Crippen MR) is 96.8 cm³/mol. The van der Waals surface area contributed by atoms with E-state index in [1.54, 1.807) is 18.2 Å². The summed E-state index contributed by atoms with van der Waals surface area (Å²) in [6.07, 6.45) is 1.76. The van der Waals surface area contributed by atoms with Crippen LogP contribution in [0.25, 0.3) is 22.7 Å². The third-order valence-corrected chi connectivity index (χ3v) is 3.63. The second-order valence-corrected chi connectivity index (χ2v) is 6.06. The van der Waals surface area contributed by atoms with Gasteiger partial charge in [0.25, 0.3) is 0 Å². The molecule has 120 valence electrons. The van der Waals surface area contributed by atoms with Crippen LogP contribution >= 0.6 is 11.6 Å². The summed E-state index contributed by atoms with van der Waals surface area (Å²) in [4.78, 5) is 7.64. The van der Waals surface area contributed by atoms with Crippen LogP contribution in [0.1, 0.15) is 25.2 Å². The quantitative estimate of drug-likeness (QED) is 0.676. The number of aromatic amines is 1. The Balaban J connectivity index is 2.07. The lowest BCUT2D eigenvalue weighted by Crippen LogP contribution is -2.06. The molecule has 0 fully saturated rings. The highest BCUT2D eigenvalue weighted by molar-refractivity contribution is 6.30. The molecular formula is C19H16ClN3O. The molecule has 24 heavy (non-hydrogen) atoms. The summed E-state index contributed by atoms with van der Waals surface area (Å²) in [6, 6.07) is 15.2. The largest absolute Gasteiger partial charge is 0.490 e. The molecule has 1 heterocycles. The molecule has 0 atom stereocenters. The highest BCUT2D eigenvalue weighted by atomic mass is 35.5. The summed E-state index contributed by atoms with van der Waals surface area (Å²) in [5.41, 5.74) is 2.87. The van der Waals surface area contributed by atoms with Crippen LogP contribution in [-0.2, 0) is 0 Å². The number of ether oxygens (including phenoxy) is 1. The number of rotatable bonds is 4. The van der Waals surface area contributed by atoms with E-state index in [2.05, 4.69) is 16.0 Å². The van der Waals surface area contributed by atoms with Crippen LogP contribution in [0, 0.1) is 11.3 Å². The van der Waals surface area contributed by atoms with Crippen LogP contribution in [0.2, 0.25) is 5.02 Å². The Labute approximate surface area is 145 Å². The van der Waals surface area contributed by atoms with Crippen molar-refractivity contribution in [1.29, 1.82) is 5.26 Å². The van der Waals surface area contributed by atoms with Crippen LogP contribution in [-0.4, -0.2) is 16.1 Å². The molecule has 0 aliphatic heterocycles. The Kier molecular flexibility index (Phi) is 4.54. The van der Waals surface area contributed by atoms with Crippen LogP contribution in [0.5, 0.6) is 5.75 Å². The van der Waals surface area contributed by atoms with Gasteiger partial charge in [0.15, 0.2) is 0 Å². The fourth-order valence-corrected chi connectivity index (χ4v) is 2.56. The summed E-state index contributed by atoms with van der Waals surface area (Å²) < 4.78 is 5.80. The highest BCUT2D eigenvalue weighted by Gasteiger charge is 2.11. The number of para-hydroxylation sites is 2. The van der Waals surface area contributed by atoms with Crippen molar-refractivity contribution < 1.29 is 4.74 Å². The molecule has 0 saturated carbocycles. The number of benzene rings is 2. The molecule has 1 aromatic heterocycles. The zero-order valence-electron chi connectivity index (χ0n) is 13.4. The fourth-order valence-electron chi connectivity index (χ4n) is 2.38. The molecule has 0 amide bonds. The minimum atomic E-state index is 0.0232. The normalized spacial score (nSPS) is 11.7. The van der Waals surface area contributed by atoms with Gasteiger partial charge < -0.3 is 9.72 Å². The molecule has 0 spiro atoms. The summed E-state index contributed by atoms with van der Waals surface area (Å²) in [6.45, 7) is 3.90. The smallest absolute Gasteiger partial charge is 0.149 e. The summed E-state index contributed by atoms with van der Waals surface area (Å²) in [5, 5.41) is 10.1. The zero-order chi connectivity index (χ0) is 17.1. The van der Waals surface area contributed by atoms with Gasteiger partial charge in [0.1, 0.15) is 17.6 Å². The molecule has 1 N–H and O–H groups in total. The molecule has 0 aliphatic carbocycles. The van der Waals surface area contributed by atoms with Crippen molar-refractivity contribution in [1.82, 2.24) is 9.97 Å². The fraction of sp³-hybridized carbons (Fsp3) is 0.158. The first-order chi connectivity index (χ1) is 11.6. The van der Waals surface area contributed by atoms with E-state index in [0.29, 0.717) is 22.2 Å². The summed E-state index contributed by atoms with van der Waals surface area (Å²) in [5.74, 6) is 1.20. The van der Waals surface area contributed by atoms with Crippen LogP contribution in [0.15, 0.2) is 42.5 Å². The van der Waals surface area contributed by atoms with Crippen molar-refractivity contribution in [2.75, 3.05) is 0 Å². The molecule has 0 bridgehead atoms. The van der Waals surface area contributed by atoms with E-state index in [-0.39, 0.29) is 6.10 Å². The van der Waals surface area contributed by atoms with E-state index < -0.39 is 0 Å². The maximum absolute atomic E-state index is 9.56. The van der Waals surface area contributed by atoms with Gasteiger partial charge in [0.05, 0.1) is 22.7 Å². The highest BCUT2D eigenvalue weighted by Crippen LogP contribution is 2.28. The molecule has 5 heteroatoms. The predicted octanol–water partition coefficient (Wildman–Crippen LogP) is 5.07. The molecular weight excluding hydrogens is 322 g/mol. The number of nitrogens with zero attached hydrogens (tertiary/aromatic N) is 2. The van der Waals surface area contributed by atoms with Crippen molar-refractivity contribution in [2.24, 2.45) is 0 Å². The molecule has 3 rings (SSSR count). The second kappa shape index (κ2) is 6.77.